The van der Waals surface area contributed by atoms with Gasteiger partial charge in [-0.3, -0.25) is 10.4 Å². The Labute approximate surface area is 85.3 Å². The standard InChI is InChI=1S/C10H20N4/c11-14-10(13-9-4-5-9)12-7-6-8-2-1-3-8/h8-9H,1-7,11H2,(H2,12,13,14). The summed E-state index contributed by atoms with van der Waals surface area (Å²) in [6.07, 6.45) is 7.94. The van der Waals surface area contributed by atoms with Gasteiger partial charge in [0.15, 0.2) is 0 Å². The molecule has 4 heteroatoms. The van der Waals surface area contributed by atoms with Crippen LogP contribution in [-0.2, 0) is 0 Å². The normalized spacial score (nSPS) is 23.1. The molecule has 0 aromatic carbocycles. The highest BCUT2D eigenvalue weighted by molar-refractivity contribution is 5.79. The fourth-order valence-electron chi connectivity index (χ4n) is 1.69. The van der Waals surface area contributed by atoms with Crippen molar-refractivity contribution in [3.05, 3.63) is 0 Å². The number of aliphatic imine (C=N–C) groups is 1. The molecule has 80 valence electrons. The van der Waals surface area contributed by atoms with Gasteiger partial charge in [-0.1, -0.05) is 19.3 Å². The van der Waals surface area contributed by atoms with Gasteiger partial charge in [0, 0.05) is 12.6 Å². The Morgan fingerprint density at radius 3 is 2.57 bits per heavy atom. The van der Waals surface area contributed by atoms with E-state index >= 15 is 0 Å². The first-order valence-electron chi connectivity index (χ1n) is 5.66. The number of hydrogen-bond acceptors (Lipinski definition) is 2. The molecule has 0 aromatic heterocycles. The Kier molecular flexibility index (Phi) is 3.24. The monoisotopic (exact) mass is 196 g/mol. The summed E-state index contributed by atoms with van der Waals surface area (Å²) < 4.78 is 0. The van der Waals surface area contributed by atoms with Crippen molar-refractivity contribution in [2.24, 2.45) is 16.8 Å². The van der Waals surface area contributed by atoms with Crippen molar-refractivity contribution in [3.63, 3.8) is 0 Å². The molecule has 2 aliphatic rings. The van der Waals surface area contributed by atoms with E-state index in [9.17, 15) is 0 Å². The molecule has 2 saturated carbocycles. The number of nitrogens with one attached hydrogen (secondary N) is 2. The van der Waals surface area contributed by atoms with Gasteiger partial charge in [-0.25, -0.2) is 5.84 Å². The van der Waals surface area contributed by atoms with E-state index in [1.807, 2.05) is 0 Å². The van der Waals surface area contributed by atoms with Gasteiger partial charge in [-0.05, 0) is 25.2 Å². The Hall–Kier alpha value is -0.770. The highest BCUT2D eigenvalue weighted by Gasteiger charge is 2.22. The van der Waals surface area contributed by atoms with Crippen LogP contribution in [-0.4, -0.2) is 18.5 Å². The predicted molar refractivity (Wildman–Crippen MR) is 57.7 cm³/mol. The lowest BCUT2D eigenvalue weighted by Crippen LogP contribution is -2.42. The van der Waals surface area contributed by atoms with Crippen molar-refractivity contribution < 1.29 is 0 Å². The minimum Gasteiger partial charge on any atom is -0.353 e. The SMILES string of the molecule is NNC(=NCCC1CCC1)NC1CC1. The van der Waals surface area contributed by atoms with E-state index in [2.05, 4.69) is 15.7 Å². The molecule has 14 heavy (non-hydrogen) atoms. The third-order valence-electron chi connectivity index (χ3n) is 3.09. The Morgan fingerprint density at radius 2 is 2.07 bits per heavy atom. The lowest BCUT2D eigenvalue weighted by Gasteiger charge is -2.24. The molecule has 2 rings (SSSR count). The van der Waals surface area contributed by atoms with Crippen LogP contribution < -0.4 is 16.6 Å². The average Bonchev–Trinajstić information content (AvgIpc) is 2.90. The number of hydrazine groups is 1. The molecule has 0 aliphatic heterocycles. The van der Waals surface area contributed by atoms with Gasteiger partial charge < -0.3 is 5.32 Å². The van der Waals surface area contributed by atoms with Crippen LogP contribution in [0.3, 0.4) is 0 Å². The lowest BCUT2D eigenvalue weighted by molar-refractivity contribution is 0.300. The number of nitrogens with zero attached hydrogens (tertiary/aromatic N) is 1. The van der Waals surface area contributed by atoms with Crippen molar-refractivity contribution in [2.45, 2.75) is 44.6 Å². The number of hydrogen-bond donors (Lipinski definition) is 3. The van der Waals surface area contributed by atoms with Crippen molar-refractivity contribution >= 4 is 5.96 Å². The zero-order valence-electron chi connectivity index (χ0n) is 8.63. The highest BCUT2D eigenvalue weighted by Crippen LogP contribution is 2.29. The van der Waals surface area contributed by atoms with Crippen LogP contribution in [0.4, 0.5) is 0 Å². The molecule has 0 spiro atoms. The van der Waals surface area contributed by atoms with Crippen LogP contribution in [0, 0.1) is 5.92 Å². The number of rotatable bonds is 4. The molecule has 2 fully saturated rings. The van der Waals surface area contributed by atoms with Crippen LogP contribution in [0.25, 0.3) is 0 Å². The fraction of sp³-hybridized carbons (Fsp3) is 0.900. The maximum absolute atomic E-state index is 5.37. The average molecular weight is 196 g/mol. The molecule has 0 aromatic rings. The molecule has 4 nitrogen and oxygen atoms in total. The molecule has 0 radical (unpaired) electrons. The van der Waals surface area contributed by atoms with Crippen LogP contribution >= 0.6 is 0 Å². The first kappa shape index (κ1) is 9.77. The van der Waals surface area contributed by atoms with Gasteiger partial charge in [0.05, 0.1) is 0 Å². The van der Waals surface area contributed by atoms with E-state index in [1.165, 1.54) is 38.5 Å². The van der Waals surface area contributed by atoms with Crippen LogP contribution in [0.1, 0.15) is 38.5 Å². The quantitative estimate of drug-likeness (QED) is 0.269. The predicted octanol–water partition coefficient (Wildman–Crippen LogP) is 0.748. The third kappa shape index (κ3) is 2.87. The fourth-order valence-corrected chi connectivity index (χ4v) is 1.69. The summed E-state index contributed by atoms with van der Waals surface area (Å²) >= 11 is 0. The summed E-state index contributed by atoms with van der Waals surface area (Å²) in [6.45, 7) is 0.907. The van der Waals surface area contributed by atoms with Crippen LogP contribution in [0.2, 0.25) is 0 Å². The first-order valence-corrected chi connectivity index (χ1v) is 5.66. The first-order chi connectivity index (χ1) is 6.88. The molecule has 4 N–H and O–H groups in total. The third-order valence-corrected chi connectivity index (χ3v) is 3.09. The van der Waals surface area contributed by atoms with E-state index in [1.54, 1.807) is 0 Å². The topological polar surface area (TPSA) is 62.4 Å². The van der Waals surface area contributed by atoms with Crippen molar-refractivity contribution in [3.8, 4) is 0 Å². The van der Waals surface area contributed by atoms with E-state index in [4.69, 9.17) is 5.84 Å². The van der Waals surface area contributed by atoms with Gasteiger partial charge >= 0.3 is 0 Å². The molecule has 0 unspecified atom stereocenters. The van der Waals surface area contributed by atoms with Crippen molar-refractivity contribution in [1.82, 2.24) is 10.7 Å². The Morgan fingerprint density at radius 1 is 1.29 bits per heavy atom. The zero-order chi connectivity index (χ0) is 9.80. The molecular weight excluding hydrogens is 176 g/mol. The summed E-state index contributed by atoms with van der Waals surface area (Å²) in [6, 6.07) is 0.619. The number of guanidine groups is 1. The van der Waals surface area contributed by atoms with Gasteiger partial charge in [-0.2, -0.15) is 0 Å². The highest BCUT2D eigenvalue weighted by atomic mass is 15.3. The van der Waals surface area contributed by atoms with E-state index in [0.29, 0.717) is 6.04 Å². The summed E-state index contributed by atoms with van der Waals surface area (Å²) in [5.74, 6) is 7.07. The maximum Gasteiger partial charge on any atom is 0.205 e. The summed E-state index contributed by atoms with van der Waals surface area (Å²) in [5.41, 5.74) is 2.62. The van der Waals surface area contributed by atoms with Gasteiger partial charge in [0.1, 0.15) is 0 Å². The van der Waals surface area contributed by atoms with Crippen LogP contribution in [0.5, 0.6) is 0 Å². The molecule has 0 amide bonds. The molecule has 0 bridgehead atoms. The summed E-state index contributed by atoms with van der Waals surface area (Å²) in [5, 5.41) is 3.26. The molecule has 0 atom stereocenters. The maximum atomic E-state index is 5.37. The van der Waals surface area contributed by atoms with Gasteiger partial charge in [0.2, 0.25) is 5.96 Å². The molecular formula is C10H20N4. The second-order valence-electron chi connectivity index (χ2n) is 4.38. The second kappa shape index (κ2) is 4.64. The smallest absolute Gasteiger partial charge is 0.205 e. The van der Waals surface area contributed by atoms with E-state index < -0.39 is 0 Å². The van der Waals surface area contributed by atoms with E-state index in [-0.39, 0.29) is 0 Å². The minimum absolute atomic E-state index is 0.619. The minimum atomic E-state index is 0.619. The largest absolute Gasteiger partial charge is 0.353 e. The molecule has 2 aliphatic carbocycles. The Bertz CT molecular complexity index is 206. The summed E-state index contributed by atoms with van der Waals surface area (Å²) in [7, 11) is 0. The molecule has 0 heterocycles. The Balaban J connectivity index is 1.63. The lowest BCUT2D eigenvalue weighted by atomic mass is 9.83. The van der Waals surface area contributed by atoms with Crippen molar-refractivity contribution in [2.75, 3.05) is 6.54 Å². The van der Waals surface area contributed by atoms with E-state index in [0.717, 1.165) is 18.4 Å². The molecule has 0 saturated heterocycles. The van der Waals surface area contributed by atoms with Gasteiger partial charge in [0.25, 0.3) is 0 Å². The summed E-state index contributed by atoms with van der Waals surface area (Å²) in [4.78, 5) is 4.41. The van der Waals surface area contributed by atoms with Crippen molar-refractivity contribution in [1.29, 1.82) is 0 Å². The second-order valence-corrected chi connectivity index (χ2v) is 4.38. The van der Waals surface area contributed by atoms with Crippen LogP contribution in [0.15, 0.2) is 4.99 Å². The number of nitrogens with two attached hydrogens (primary N) is 1. The van der Waals surface area contributed by atoms with Gasteiger partial charge in [-0.15, -0.1) is 0 Å². The zero-order valence-corrected chi connectivity index (χ0v) is 8.63.